The van der Waals surface area contributed by atoms with Gasteiger partial charge in [-0.05, 0) is 24.6 Å². The van der Waals surface area contributed by atoms with Crippen LogP contribution in [-0.2, 0) is 24.9 Å². The molecule has 0 aromatic carbocycles. The Morgan fingerprint density at radius 1 is 1.19 bits per heavy atom. The zero-order chi connectivity index (χ0) is 25.5. The van der Waals surface area contributed by atoms with Crippen LogP contribution >= 0.6 is 11.3 Å². The summed E-state index contributed by atoms with van der Waals surface area (Å²) in [5.74, 6) is -0.387. The van der Waals surface area contributed by atoms with Crippen molar-refractivity contribution in [3.05, 3.63) is 83.6 Å². The third kappa shape index (κ3) is 4.63. The fourth-order valence-corrected chi connectivity index (χ4v) is 5.49. The maximum atomic E-state index is 13.2. The summed E-state index contributed by atoms with van der Waals surface area (Å²) < 4.78 is 3.44. The molecule has 37 heavy (non-hydrogen) atoms. The highest BCUT2D eigenvalue weighted by Gasteiger charge is 2.24. The zero-order valence-electron chi connectivity index (χ0n) is 20.3. The van der Waals surface area contributed by atoms with Crippen molar-refractivity contribution in [3.63, 3.8) is 0 Å². The molecule has 4 aromatic rings. The maximum Gasteiger partial charge on any atom is 0.260 e. The van der Waals surface area contributed by atoms with Crippen molar-refractivity contribution in [2.24, 2.45) is 7.05 Å². The van der Waals surface area contributed by atoms with Crippen LogP contribution in [0.1, 0.15) is 28.5 Å². The summed E-state index contributed by atoms with van der Waals surface area (Å²) in [6.45, 7) is 3.55. The second-order valence-corrected chi connectivity index (χ2v) is 10.2. The molecule has 188 valence electrons. The number of amides is 2. The molecule has 12 heteroatoms. The van der Waals surface area contributed by atoms with Gasteiger partial charge in [-0.1, -0.05) is 6.07 Å². The lowest BCUT2D eigenvalue weighted by Gasteiger charge is -2.23. The van der Waals surface area contributed by atoms with Gasteiger partial charge in [0.15, 0.2) is 0 Å². The summed E-state index contributed by atoms with van der Waals surface area (Å²) >= 11 is 1.48. The molecule has 0 fully saturated rings. The van der Waals surface area contributed by atoms with Crippen molar-refractivity contribution >= 4 is 28.0 Å². The number of nitrogens with one attached hydrogen (secondary N) is 3. The Bertz CT molecular complexity index is 1550. The van der Waals surface area contributed by atoms with Gasteiger partial charge in [0.2, 0.25) is 5.91 Å². The number of aryl methyl sites for hydroxylation is 1. The molecule has 0 bridgehead atoms. The summed E-state index contributed by atoms with van der Waals surface area (Å²) in [5, 5.41) is 17.7. The van der Waals surface area contributed by atoms with Gasteiger partial charge in [0.05, 0.1) is 46.8 Å². The van der Waals surface area contributed by atoms with Crippen LogP contribution in [0.2, 0.25) is 0 Å². The van der Waals surface area contributed by atoms with Crippen LogP contribution in [0.25, 0.3) is 15.3 Å². The smallest absolute Gasteiger partial charge is 0.260 e. The fourth-order valence-electron chi connectivity index (χ4n) is 4.46. The third-order valence-electron chi connectivity index (χ3n) is 6.36. The van der Waals surface area contributed by atoms with Crippen molar-refractivity contribution in [1.82, 2.24) is 45.2 Å². The number of dihydropyridines is 1. The van der Waals surface area contributed by atoms with Crippen molar-refractivity contribution in [2.75, 3.05) is 6.54 Å². The van der Waals surface area contributed by atoms with Gasteiger partial charge in [-0.2, -0.15) is 10.2 Å². The standard InChI is InChI=1S/C25H25N9O2S/c1-15-20(6-18(8-27-15)30-23(35)14-33-11-16-4-3-5-26-21(16)12-33)31-24(36)19-9-29-34-13-22(37-25(19)34)17-7-28-32(2)10-17/h3-10,13,15,27H,11-12,14H2,1-2H3,(H,30,35)(H,31,36). The van der Waals surface area contributed by atoms with Crippen molar-refractivity contribution in [2.45, 2.75) is 26.1 Å². The fraction of sp³-hybridized carbons (Fsp3) is 0.240. The van der Waals surface area contributed by atoms with E-state index >= 15 is 0 Å². The van der Waals surface area contributed by atoms with Crippen LogP contribution in [0, 0.1) is 0 Å². The highest BCUT2D eigenvalue weighted by molar-refractivity contribution is 7.21. The first kappa shape index (κ1) is 23.1. The number of pyridine rings is 1. The van der Waals surface area contributed by atoms with Gasteiger partial charge >= 0.3 is 0 Å². The molecule has 4 aromatic heterocycles. The number of carbonyl (C=O) groups excluding carboxylic acids is 2. The predicted octanol–water partition coefficient (Wildman–Crippen LogP) is 1.77. The highest BCUT2D eigenvalue weighted by Crippen LogP contribution is 2.30. The van der Waals surface area contributed by atoms with Gasteiger partial charge in [-0.25, -0.2) is 4.52 Å². The van der Waals surface area contributed by atoms with E-state index in [1.165, 1.54) is 11.3 Å². The maximum absolute atomic E-state index is 13.2. The number of fused-ring (bicyclic) bond motifs is 2. The average Bonchev–Trinajstić information content (AvgIpc) is 3.63. The minimum atomic E-state index is -0.260. The molecule has 0 saturated heterocycles. The topological polar surface area (TPSA) is 121 Å². The molecule has 11 nitrogen and oxygen atoms in total. The molecule has 1 unspecified atom stereocenters. The van der Waals surface area contributed by atoms with Crippen LogP contribution in [0.5, 0.6) is 0 Å². The highest BCUT2D eigenvalue weighted by atomic mass is 32.1. The van der Waals surface area contributed by atoms with Gasteiger partial charge in [-0.3, -0.25) is 24.2 Å². The molecule has 3 N–H and O–H groups in total. The van der Waals surface area contributed by atoms with Crippen LogP contribution in [0.15, 0.2) is 66.8 Å². The Morgan fingerprint density at radius 3 is 2.89 bits per heavy atom. The Kier molecular flexibility index (Phi) is 5.81. The monoisotopic (exact) mass is 515 g/mol. The van der Waals surface area contributed by atoms with Crippen molar-refractivity contribution < 1.29 is 9.59 Å². The summed E-state index contributed by atoms with van der Waals surface area (Å²) in [7, 11) is 1.86. The van der Waals surface area contributed by atoms with E-state index in [4.69, 9.17) is 0 Å². The number of thiazole rings is 1. The largest absolute Gasteiger partial charge is 0.381 e. The van der Waals surface area contributed by atoms with Gasteiger partial charge in [0.1, 0.15) is 4.83 Å². The Balaban J connectivity index is 1.12. The second kappa shape index (κ2) is 9.30. The van der Waals surface area contributed by atoms with E-state index in [0.29, 0.717) is 30.0 Å². The van der Waals surface area contributed by atoms with Crippen molar-refractivity contribution in [3.8, 4) is 10.4 Å². The van der Waals surface area contributed by atoms with E-state index < -0.39 is 0 Å². The molecule has 2 aliphatic heterocycles. The molecule has 2 amide bonds. The number of rotatable bonds is 6. The predicted molar refractivity (Wildman–Crippen MR) is 138 cm³/mol. The summed E-state index contributed by atoms with van der Waals surface area (Å²) in [6.07, 6.45) is 12.5. The minimum absolute atomic E-state index is 0.128. The van der Waals surface area contributed by atoms with E-state index in [2.05, 4.69) is 31.1 Å². The van der Waals surface area contributed by atoms with Gasteiger partial charge in [0.25, 0.3) is 5.91 Å². The number of hydrogen-bond acceptors (Lipinski definition) is 8. The molecule has 0 aliphatic carbocycles. The molecular formula is C25H25N9O2S. The molecule has 2 aliphatic rings. The zero-order valence-corrected chi connectivity index (χ0v) is 21.1. The first-order valence-corrected chi connectivity index (χ1v) is 12.6. The van der Waals surface area contributed by atoms with Crippen LogP contribution in [0.4, 0.5) is 0 Å². The molecular weight excluding hydrogens is 490 g/mol. The summed E-state index contributed by atoms with van der Waals surface area (Å²) in [5.41, 5.74) is 4.86. The number of carbonyl (C=O) groups is 2. The lowest BCUT2D eigenvalue weighted by molar-refractivity contribution is -0.121. The van der Waals surface area contributed by atoms with Gasteiger partial charge < -0.3 is 16.0 Å². The molecule has 0 saturated carbocycles. The summed E-state index contributed by atoms with van der Waals surface area (Å²) in [4.78, 5) is 34.0. The van der Waals surface area contributed by atoms with Crippen LogP contribution in [-0.4, -0.2) is 53.7 Å². The molecule has 6 heterocycles. The Labute approximate surface area is 216 Å². The first-order chi connectivity index (χ1) is 17.9. The van der Waals surface area contributed by atoms with E-state index in [9.17, 15) is 9.59 Å². The lowest BCUT2D eigenvalue weighted by atomic mass is 10.1. The van der Waals surface area contributed by atoms with E-state index in [1.807, 2.05) is 43.4 Å². The Hall–Kier alpha value is -4.29. The van der Waals surface area contributed by atoms with Gasteiger partial charge in [0, 0.05) is 56.2 Å². The second-order valence-electron chi connectivity index (χ2n) is 9.15. The third-order valence-corrected chi connectivity index (χ3v) is 7.52. The molecule has 0 radical (unpaired) electrons. The molecule has 6 rings (SSSR count). The number of aromatic nitrogens is 5. The van der Waals surface area contributed by atoms with E-state index in [1.54, 1.807) is 40.1 Å². The van der Waals surface area contributed by atoms with Gasteiger partial charge in [-0.15, -0.1) is 11.3 Å². The normalized spacial score (nSPS) is 17.2. The van der Waals surface area contributed by atoms with Crippen LogP contribution in [0.3, 0.4) is 0 Å². The summed E-state index contributed by atoms with van der Waals surface area (Å²) in [6, 6.07) is 3.82. The van der Waals surface area contributed by atoms with E-state index in [0.717, 1.165) is 26.5 Å². The Morgan fingerprint density at radius 2 is 2.08 bits per heavy atom. The average molecular weight is 516 g/mol. The first-order valence-electron chi connectivity index (χ1n) is 11.8. The molecule has 0 spiro atoms. The SMILES string of the molecule is CC1NC=C(NC(=O)CN2Cc3cccnc3C2)C=C1NC(=O)c1cnn2cc(-c3cnn(C)c3)sc12. The number of allylic oxidation sites excluding steroid dienone is 1. The number of hydrogen-bond donors (Lipinski definition) is 3. The minimum Gasteiger partial charge on any atom is -0.381 e. The van der Waals surface area contributed by atoms with Crippen molar-refractivity contribution in [1.29, 1.82) is 0 Å². The quantitative estimate of drug-likeness (QED) is 0.358. The molecule has 1 atom stereocenters. The lowest BCUT2D eigenvalue weighted by Crippen LogP contribution is -2.40. The van der Waals surface area contributed by atoms with E-state index in [-0.39, 0.29) is 24.4 Å². The van der Waals surface area contributed by atoms with Crippen LogP contribution < -0.4 is 16.0 Å². The number of nitrogens with zero attached hydrogens (tertiary/aromatic N) is 6.